The number of benzene rings is 4. The number of halogens is 1. The van der Waals surface area contributed by atoms with Gasteiger partial charge in [0.05, 0.1) is 6.16 Å². The highest BCUT2D eigenvalue weighted by atomic mass is 79.9. The van der Waals surface area contributed by atoms with Crippen molar-refractivity contribution in [2.75, 3.05) is 12.7 Å². The number of carbonyl (C=O) groups is 1. The molecule has 1 amide bonds. The molecule has 3 nitrogen and oxygen atoms in total. The SMILES string of the molecule is O=C(NCCC[P+](c1ccccc1)(c1ccccc1)c1ccccc1)c1ccc(CC2(O)C#CCCCCC2)cc1.[Br-]. The van der Waals surface area contributed by atoms with E-state index in [0.717, 1.165) is 43.8 Å². The monoisotopic (exact) mass is 639 g/mol. The molecular formula is C37H39BrNO2P. The van der Waals surface area contributed by atoms with Crippen LogP contribution >= 0.6 is 7.26 Å². The molecule has 0 aromatic heterocycles. The van der Waals surface area contributed by atoms with Crippen LogP contribution in [0.4, 0.5) is 0 Å². The van der Waals surface area contributed by atoms with Crippen molar-refractivity contribution in [3.05, 3.63) is 126 Å². The van der Waals surface area contributed by atoms with E-state index >= 15 is 0 Å². The zero-order valence-electron chi connectivity index (χ0n) is 24.0. The number of hydrogen-bond donors (Lipinski definition) is 2. The summed E-state index contributed by atoms with van der Waals surface area (Å²) in [6.07, 6.45) is 7.08. The third kappa shape index (κ3) is 7.78. The Labute approximate surface area is 261 Å². The molecule has 0 aliphatic heterocycles. The van der Waals surface area contributed by atoms with Gasteiger partial charge in [0.2, 0.25) is 0 Å². The summed E-state index contributed by atoms with van der Waals surface area (Å²) in [5.74, 6) is 6.17. The maximum absolute atomic E-state index is 13.1. The van der Waals surface area contributed by atoms with E-state index in [1.165, 1.54) is 15.9 Å². The van der Waals surface area contributed by atoms with Crippen LogP contribution in [0.25, 0.3) is 0 Å². The van der Waals surface area contributed by atoms with E-state index in [0.29, 0.717) is 24.9 Å². The van der Waals surface area contributed by atoms with Crippen LogP contribution in [0.1, 0.15) is 54.4 Å². The fourth-order valence-corrected chi connectivity index (χ4v) is 10.2. The molecule has 0 saturated carbocycles. The minimum Gasteiger partial charge on any atom is -1.00 e. The van der Waals surface area contributed by atoms with Gasteiger partial charge in [-0.15, -0.1) is 5.92 Å². The second-order valence-corrected chi connectivity index (χ2v) is 14.5. The molecule has 0 heterocycles. The quantitative estimate of drug-likeness (QED) is 0.159. The van der Waals surface area contributed by atoms with Crippen molar-refractivity contribution >= 4 is 29.1 Å². The van der Waals surface area contributed by atoms with Crippen LogP contribution in [0, 0.1) is 11.8 Å². The fourth-order valence-electron chi connectivity index (χ4n) is 5.84. The summed E-state index contributed by atoms with van der Waals surface area (Å²) < 4.78 is 0. The van der Waals surface area contributed by atoms with Crippen molar-refractivity contribution in [3.63, 3.8) is 0 Å². The molecule has 5 heteroatoms. The predicted octanol–water partition coefficient (Wildman–Crippen LogP) is 3.05. The van der Waals surface area contributed by atoms with Crippen molar-refractivity contribution in [2.45, 2.75) is 50.5 Å². The molecule has 0 spiro atoms. The van der Waals surface area contributed by atoms with E-state index < -0.39 is 12.9 Å². The Bertz CT molecular complexity index is 1370. The van der Waals surface area contributed by atoms with E-state index in [1.54, 1.807) is 0 Å². The van der Waals surface area contributed by atoms with Gasteiger partial charge in [0.15, 0.2) is 0 Å². The van der Waals surface area contributed by atoms with Crippen molar-refractivity contribution in [3.8, 4) is 11.8 Å². The van der Waals surface area contributed by atoms with Gasteiger partial charge in [-0.05, 0) is 79.8 Å². The van der Waals surface area contributed by atoms with E-state index in [1.807, 2.05) is 24.3 Å². The Morgan fingerprint density at radius 2 is 1.31 bits per heavy atom. The Hall–Kier alpha value is -3.22. The first kappa shape index (κ1) is 31.7. The number of nitrogens with one attached hydrogen (secondary N) is 1. The van der Waals surface area contributed by atoms with Crippen molar-refractivity contribution in [1.82, 2.24) is 5.32 Å². The van der Waals surface area contributed by atoms with E-state index in [9.17, 15) is 9.90 Å². The van der Waals surface area contributed by atoms with Gasteiger partial charge >= 0.3 is 0 Å². The summed E-state index contributed by atoms with van der Waals surface area (Å²) in [5, 5.41) is 18.2. The molecule has 0 fully saturated rings. The van der Waals surface area contributed by atoms with E-state index in [2.05, 4.69) is 108 Å². The summed E-state index contributed by atoms with van der Waals surface area (Å²) in [4.78, 5) is 13.1. The highest BCUT2D eigenvalue weighted by Crippen LogP contribution is 2.55. The van der Waals surface area contributed by atoms with Gasteiger partial charge in [0, 0.05) is 24.9 Å². The number of amides is 1. The summed E-state index contributed by atoms with van der Waals surface area (Å²) in [7, 11) is -1.91. The zero-order valence-corrected chi connectivity index (χ0v) is 26.5. The lowest BCUT2D eigenvalue weighted by Crippen LogP contribution is -3.00. The molecule has 42 heavy (non-hydrogen) atoms. The Morgan fingerprint density at radius 1 is 0.762 bits per heavy atom. The van der Waals surface area contributed by atoms with Crippen molar-refractivity contribution in [2.24, 2.45) is 0 Å². The van der Waals surface area contributed by atoms with Crippen molar-refractivity contribution < 1.29 is 26.9 Å². The largest absolute Gasteiger partial charge is 1.00 e. The average molecular weight is 641 g/mol. The number of aliphatic hydroxyl groups is 1. The first-order valence-corrected chi connectivity index (χ1v) is 16.7. The molecule has 0 saturated heterocycles. The number of hydrogen-bond acceptors (Lipinski definition) is 2. The highest BCUT2D eigenvalue weighted by molar-refractivity contribution is 7.95. The van der Waals surface area contributed by atoms with Crippen LogP contribution in [-0.2, 0) is 6.42 Å². The molecule has 1 aliphatic rings. The lowest BCUT2D eigenvalue weighted by Gasteiger charge is -2.27. The Balaban J connectivity index is 0.00000405. The molecule has 0 bridgehead atoms. The van der Waals surface area contributed by atoms with Crippen LogP contribution in [0.15, 0.2) is 115 Å². The smallest absolute Gasteiger partial charge is 0.251 e. The summed E-state index contributed by atoms with van der Waals surface area (Å²) in [5.41, 5.74) is 0.664. The minimum absolute atomic E-state index is 0. The summed E-state index contributed by atoms with van der Waals surface area (Å²) >= 11 is 0. The average Bonchev–Trinajstić information content (AvgIpc) is 3.01. The lowest BCUT2D eigenvalue weighted by molar-refractivity contribution is -0.0000218. The fraction of sp³-hybridized carbons (Fsp3) is 0.270. The maximum Gasteiger partial charge on any atom is 0.251 e. The van der Waals surface area contributed by atoms with Crippen LogP contribution < -0.4 is 38.2 Å². The van der Waals surface area contributed by atoms with E-state index in [4.69, 9.17) is 0 Å². The van der Waals surface area contributed by atoms with E-state index in [-0.39, 0.29) is 22.9 Å². The zero-order chi connectivity index (χ0) is 28.4. The molecule has 216 valence electrons. The normalized spacial score (nSPS) is 16.6. The first-order valence-electron chi connectivity index (χ1n) is 14.7. The molecule has 0 radical (unpaired) electrons. The van der Waals surface area contributed by atoms with Crippen LogP contribution in [0.3, 0.4) is 0 Å². The molecule has 1 unspecified atom stereocenters. The number of carbonyl (C=O) groups excluding carboxylic acids is 1. The van der Waals surface area contributed by atoms with Gasteiger partial charge in [-0.25, -0.2) is 0 Å². The topological polar surface area (TPSA) is 49.3 Å². The third-order valence-electron chi connectivity index (χ3n) is 7.97. The third-order valence-corrected chi connectivity index (χ3v) is 12.5. The molecule has 1 atom stereocenters. The molecule has 2 N–H and O–H groups in total. The second kappa shape index (κ2) is 15.3. The van der Waals surface area contributed by atoms with Gasteiger partial charge < -0.3 is 27.4 Å². The van der Waals surface area contributed by atoms with Crippen LogP contribution in [-0.4, -0.2) is 29.3 Å². The standard InChI is InChI=1S/C37H38NO2P.BrH/c39-36(32-24-22-31(23-25-32)30-37(40)26-13-2-1-3-14-27-37)38-28-15-29-41(33-16-7-4-8-17-33,34-18-9-5-10-19-34)35-20-11-6-12-21-35;/h4-12,16-25,40H,1-3,13,15,26,28-30H2;1H. The molecule has 4 aromatic carbocycles. The van der Waals surface area contributed by atoms with Gasteiger partial charge in [0.25, 0.3) is 5.91 Å². The Kier molecular flexibility index (Phi) is 11.6. The lowest BCUT2D eigenvalue weighted by atomic mass is 9.88. The van der Waals surface area contributed by atoms with Crippen LogP contribution in [0.5, 0.6) is 0 Å². The Morgan fingerprint density at radius 3 is 1.86 bits per heavy atom. The molecule has 1 aliphatic carbocycles. The summed E-state index contributed by atoms with van der Waals surface area (Å²) in [6.45, 7) is 0.601. The predicted molar refractivity (Wildman–Crippen MR) is 173 cm³/mol. The van der Waals surface area contributed by atoms with Crippen molar-refractivity contribution in [1.29, 1.82) is 0 Å². The van der Waals surface area contributed by atoms with Gasteiger partial charge in [0.1, 0.15) is 28.8 Å². The highest BCUT2D eigenvalue weighted by Gasteiger charge is 2.44. The van der Waals surface area contributed by atoms with Gasteiger partial charge in [-0.1, -0.05) is 79.1 Å². The number of rotatable bonds is 10. The summed E-state index contributed by atoms with van der Waals surface area (Å²) in [6, 6.07) is 40.2. The molecular weight excluding hydrogens is 601 g/mol. The minimum atomic E-state index is -1.91. The maximum atomic E-state index is 13.1. The second-order valence-electron chi connectivity index (χ2n) is 10.9. The van der Waals surface area contributed by atoms with Gasteiger partial charge in [-0.3, -0.25) is 4.79 Å². The molecule has 4 aromatic rings. The van der Waals surface area contributed by atoms with Crippen LogP contribution in [0.2, 0.25) is 0 Å². The van der Waals surface area contributed by atoms with Gasteiger partial charge in [-0.2, -0.15) is 0 Å². The first-order chi connectivity index (χ1) is 20.1. The molecule has 5 rings (SSSR count).